The lowest BCUT2D eigenvalue weighted by atomic mass is 10.0. The van der Waals surface area contributed by atoms with E-state index < -0.39 is 0 Å². The molecule has 3 saturated heterocycles. The van der Waals surface area contributed by atoms with Crippen molar-refractivity contribution in [2.45, 2.75) is 58.4 Å². The molecule has 154 valence electrons. The predicted octanol–water partition coefficient (Wildman–Crippen LogP) is 3.72. The Labute approximate surface area is 169 Å². The Morgan fingerprint density at radius 2 is 1.93 bits per heavy atom. The normalized spacial score (nSPS) is 26.1. The Balaban J connectivity index is 1.32. The summed E-state index contributed by atoms with van der Waals surface area (Å²) in [6, 6.07) is 2.63. The molecule has 3 fully saturated rings. The highest BCUT2D eigenvalue weighted by Crippen LogP contribution is 2.27. The van der Waals surface area contributed by atoms with Crippen molar-refractivity contribution in [3.05, 3.63) is 17.8 Å². The highest BCUT2D eigenvalue weighted by Gasteiger charge is 2.28. The van der Waals surface area contributed by atoms with Crippen molar-refractivity contribution >= 4 is 17.5 Å². The molecule has 0 spiro atoms. The van der Waals surface area contributed by atoms with Gasteiger partial charge in [-0.1, -0.05) is 0 Å². The van der Waals surface area contributed by atoms with Crippen LogP contribution in [0.4, 0.5) is 16.3 Å². The summed E-state index contributed by atoms with van der Waals surface area (Å²) < 4.78 is 0. The average molecular weight is 386 g/mol. The summed E-state index contributed by atoms with van der Waals surface area (Å²) in [6.07, 6.45) is 9.36. The number of pyridine rings is 1. The van der Waals surface area contributed by atoms with Gasteiger partial charge < -0.3 is 20.0 Å². The number of aryl methyl sites for hydroxylation is 1. The molecule has 1 aromatic heterocycles. The number of piperidine rings is 1. The second kappa shape index (κ2) is 8.68. The molecule has 3 aliphatic heterocycles. The first-order chi connectivity index (χ1) is 13.6. The Bertz CT molecular complexity index is 688. The zero-order valence-electron chi connectivity index (χ0n) is 17.5. The number of carbonyl (C=O) groups excluding carboxylic acids is 1. The molecule has 0 aromatic carbocycles. The van der Waals surface area contributed by atoms with Gasteiger partial charge in [-0.25, -0.2) is 9.78 Å². The molecule has 0 bridgehead atoms. The quantitative estimate of drug-likeness (QED) is 0.858. The lowest BCUT2D eigenvalue weighted by molar-refractivity contribution is 0.217. The zero-order valence-corrected chi connectivity index (χ0v) is 17.5. The fraction of sp³-hybridized carbons (Fsp3) is 0.727. The van der Waals surface area contributed by atoms with Crippen molar-refractivity contribution in [2.75, 3.05) is 49.5 Å². The van der Waals surface area contributed by atoms with E-state index in [9.17, 15) is 4.79 Å². The van der Waals surface area contributed by atoms with Gasteiger partial charge in [-0.3, -0.25) is 0 Å². The lowest BCUT2D eigenvalue weighted by Crippen LogP contribution is -2.38. The summed E-state index contributed by atoms with van der Waals surface area (Å²) >= 11 is 0. The number of carbonyl (C=O) groups is 1. The summed E-state index contributed by atoms with van der Waals surface area (Å²) in [5.41, 5.74) is 1.94. The van der Waals surface area contributed by atoms with Gasteiger partial charge in [0.2, 0.25) is 0 Å². The number of urea groups is 1. The molecule has 3 aliphatic rings. The predicted molar refractivity (Wildman–Crippen MR) is 114 cm³/mol. The van der Waals surface area contributed by atoms with Crippen molar-refractivity contribution in [1.29, 1.82) is 0 Å². The topological polar surface area (TPSA) is 51.7 Å². The third-order valence-corrected chi connectivity index (χ3v) is 6.67. The van der Waals surface area contributed by atoms with Crippen molar-refractivity contribution in [1.82, 2.24) is 14.8 Å². The molecule has 28 heavy (non-hydrogen) atoms. The van der Waals surface area contributed by atoms with E-state index in [-0.39, 0.29) is 6.03 Å². The maximum Gasteiger partial charge on any atom is 0.321 e. The van der Waals surface area contributed by atoms with Crippen LogP contribution in [0.3, 0.4) is 0 Å². The van der Waals surface area contributed by atoms with Crippen LogP contribution >= 0.6 is 0 Å². The number of nitrogens with zero attached hydrogens (tertiary/aromatic N) is 4. The molecule has 4 heterocycles. The minimum atomic E-state index is 0.0178. The minimum Gasteiger partial charge on any atom is -0.354 e. The van der Waals surface area contributed by atoms with Crippen molar-refractivity contribution < 1.29 is 4.79 Å². The molecule has 2 atom stereocenters. The molecule has 1 aromatic rings. The van der Waals surface area contributed by atoms with E-state index in [1.54, 1.807) is 0 Å². The Kier molecular flexibility index (Phi) is 6.04. The fourth-order valence-electron chi connectivity index (χ4n) is 5.05. The first-order valence-electron chi connectivity index (χ1n) is 11.1. The minimum absolute atomic E-state index is 0.0178. The summed E-state index contributed by atoms with van der Waals surface area (Å²) in [7, 11) is 0. The van der Waals surface area contributed by atoms with E-state index in [2.05, 4.69) is 35.0 Å². The Morgan fingerprint density at radius 3 is 2.68 bits per heavy atom. The van der Waals surface area contributed by atoms with Crippen molar-refractivity contribution in [3.8, 4) is 0 Å². The van der Waals surface area contributed by atoms with Crippen molar-refractivity contribution in [3.63, 3.8) is 0 Å². The first-order valence-corrected chi connectivity index (χ1v) is 11.1. The molecule has 1 N–H and O–H groups in total. The summed E-state index contributed by atoms with van der Waals surface area (Å²) in [5.74, 6) is 1.68. The number of hydrogen-bond donors (Lipinski definition) is 1. The summed E-state index contributed by atoms with van der Waals surface area (Å²) in [4.78, 5) is 24.3. The monoisotopic (exact) mass is 385 g/mol. The SMILES string of the molecule is Cc1cc(NC(=O)N2CCC(CN3CCCC3)C2)cnc1N1CCCCC1C. The van der Waals surface area contributed by atoms with Gasteiger partial charge in [0.1, 0.15) is 5.82 Å². The maximum absolute atomic E-state index is 12.7. The highest BCUT2D eigenvalue weighted by atomic mass is 16.2. The van der Waals surface area contributed by atoms with Crippen LogP contribution in [0.25, 0.3) is 0 Å². The van der Waals surface area contributed by atoms with Gasteiger partial charge in [-0.05, 0) is 83.0 Å². The Morgan fingerprint density at radius 1 is 1.14 bits per heavy atom. The highest BCUT2D eigenvalue weighted by molar-refractivity contribution is 5.89. The second-order valence-electron chi connectivity index (χ2n) is 8.94. The van der Waals surface area contributed by atoms with E-state index in [0.717, 1.165) is 49.7 Å². The van der Waals surface area contributed by atoms with Gasteiger partial charge in [0.15, 0.2) is 0 Å². The number of aromatic nitrogens is 1. The van der Waals surface area contributed by atoms with Crippen LogP contribution in [0.5, 0.6) is 0 Å². The number of anilines is 2. The molecule has 0 radical (unpaired) electrons. The van der Waals surface area contributed by atoms with Crippen LogP contribution in [0.15, 0.2) is 12.3 Å². The smallest absolute Gasteiger partial charge is 0.321 e. The average Bonchev–Trinajstić information content (AvgIpc) is 3.35. The third-order valence-electron chi connectivity index (χ3n) is 6.67. The van der Waals surface area contributed by atoms with Crippen LogP contribution in [-0.4, -0.2) is 66.1 Å². The second-order valence-corrected chi connectivity index (χ2v) is 8.94. The number of hydrogen-bond acceptors (Lipinski definition) is 4. The number of likely N-dealkylation sites (tertiary alicyclic amines) is 2. The third kappa shape index (κ3) is 4.43. The number of rotatable bonds is 4. The standard InChI is InChI=1S/C22H35N5O/c1-17-13-20(14-23-21(17)27-11-4-3-7-18(27)2)24-22(28)26-12-8-19(16-26)15-25-9-5-6-10-25/h13-14,18-19H,3-12,15-16H2,1-2H3,(H,24,28). The van der Waals surface area contributed by atoms with Gasteiger partial charge in [0.05, 0.1) is 11.9 Å². The van der Waals surface area contributed by atoms with E-state index in [1.807, 2.05) is 11.1 Å². The van der Waals surface area contributed by atoms with E-state index >= 15 is 0 Å². The van der Waals surface area contributed by atoms with Crippen LogP contribution in [0.2, 0.25) is 0 Å². The molecule has 0 saturated carbocycles. The molecule has 6 heteroatoms. The van der Waals surface area contributed by atoms with E-state index in [1.165, 1.54) is 45.2 Å². The fourth-order valence-corrected chi connectivity index (χ4v) is 5.05. The van der Waals surface area contributed by atoms with Gasteiger partial charge >= 0.3 is 6.03 Å². The van der Waals surface area contributed by atoms with Gasteiger partial charge in [0.25, 0.3) is 0 Å². The largest absolute Gasteiger partial charge is 0.354 e. The van der Waals surface area contributed by atoms with Crippen LogP contribution < -0.4 is 10.2 Å². The van der Waals surface area contributed by atoms with Crippen LogP contribution in [-0.2, 0) is 0 Å². The molecule has 4 rings (SSSR count). The van der Waals surface area contributed by atoms with Crippen LogP contribution in [0, 0.1) is 12.8 Å². The maximum atomic E-state index is 12.7. The summed E-state index contributed by atoms with van der Waals surface area (Å²) in [6.45, 7) is 10.8. The number of amides is 2. The van der Waals surface area contributed by atoms with Crippen molar-refractivity contribution in [2.24, 2.45) is 5.92 Å². The molecule has 2 amide bonds. The van der Waals surface area contributed by atoms with E-state index in [4.69, 9.17) is 4.98 Å². The number of nitrogens with one attached hydrogen (secondary N) is 1. The molecule has 2 unspecified atom stereocenters. The Hall–Kier alpha value is -1.82. The van der Waals surface area contributed by atoms with Gasteiger partial charge in [-0.15, -0.1) is 0 Å². The molecule has 6 nitrogen and oxygen atoms in total. The molecular formula is C22H35N5O. The van der Waals surface area contributed by atoms with Crippen LogP contribution in [0.1, 0.15) is 51.0 Å². The molecule has 0 aliphatic carbocycles. The van der Waals surface area contributed by atoms with Gasteiger partial charge in [0, 0.05) is 32.2 Å². The summed E-state index contributed by atoms with van der Waals surface area (Å²) in [5, 5.41) is 3.07. The van der Waals surface area contributed by atoms with Gasteiger partial charge in [-0.2, -0.15) is 0 Å². The zero-order chi connectivity index (χ0) is 19.5. The molecular weight excluding hydrogens is 350 g/mol. The first kappa shape index (κ1) is 19.5. The van der Waals surface area contributed by atoms with E-state index in [0.29, 0.717) is 12.0 Å². The lowest BCUT2D eigenvalue weighted by Gasteiger charge is -2.35.